The van der Waals surface area contributed by atoms with Crippen LogP contribution in [0.15, 0.2) is 18.2 Å². The van der Waals surface area contributed by atoms with E-state index < -0.39 is 29.9 Å². The summed E-state index contributed by atoms with van der Waals surface area (Å²) in [6, 6.07) is 2.27. The van der Waals surface area contributed by atoms with Gasteiger partial charge in [-0.3, -0.25) is 0 Å². The van der Waals surface area contributed by atoms with Crippen molar-refractivity contribution in [2.75, 3.05) is 12.3 Å². The number of hydrogen-bond acceptors (Lipinski definition) is 5. The number of ether oxygens (including phenoxy) is 1. The number of rotatable bonds is 4. The van der Waals surface area contributed by atoms with Gasteiger partial charge in [0.1, 0.15) is 6.10 Å². The Balaban J connectivity index is 3.09. The molecule has 0 radical (unpaired) electrons. The number of hydrogen-bond donors (Lipinski definition) is 3. The summed E-state index contributed by atoms with van der Waals surface area (Å²) in [5.74, 6) is -1.14. The minimum atomic E-state index is -4.63. The van der Waals surface area contributed by atoms with Crippen LogP contribution in [0.4, 0.5) is 18.9 Å². The van der Waals surface area contributed by atoms with E-state index in [1.165, 1.54) is 6.92 Å². The third-order valence-corrected chi connectivity index (χ3v) is 2.56. The van der Waals surface area contributed by atoms with Gasteiger partial charge in [0.15, 0.2) is 6.10 Å². The van der Waals surface area contributed by atoms with Crippen LogP contribution in [0.1, 0.15) is 24.2 Å². The Morgan fingerprint density at radius 1 is 1.40 bits per heavy atom. The van der Waals surface area contributed by atoms with Gasteiger partial charge in [0, 0.05) is 11.3 Å². The Bertz CT molecular complexity index is 490. The summed E-state index contributed by atoms with van der Waals surface area (Å²) in [6.45, 7) is 1.44. The van der Waals surface area contributed by atoms with E-state index in [0.29, 0.717) is 6.07 Å². The first-order valence-electron chi connectivity index (χ1n) is 5.67. The molecule has 2 unspecified atom stereocenters. The molecule has 0 amide bonds. The predicted molar refractivity (Wildman–Crippen MR) is 63.5 cm³/mol. The fraction of sp³-hybridized carbons (Fsp3) is 0.417. The zero-order chi connectivity index (χ0) is 15.5. The summed E-state index contributed by atoms with van der Waals surface area (Å²) < 4.78 is 42.2. The number of nitrogen functional groups attached to an aromatic ring is 1. The molecule has 5 nitrogen and oxygen atoms in total. The van der Waals surface area contributed by atoms with Gasteiger partial charge in [0.2, 0.25) is 0 Å². The summed E-state index contributed by atoms with van der Waals surface area (Å²) in [7, 11) is 0. The highest BCUT2D eigenvalue weighted by molar-refractivity contribution is 5.76. The van der Waals surface area contributed by atoms with Crippen molar-refractivity contribution < 1.29 is 32.9 Å². The highest BCUT2D eigenvalue weighted by atomic mass is 19.4. The fourth-order valence-corrected chi connectivity index (χ4v) is 1.53. The van der Waals surface area contributed by atoms with E-state index in [1.54, 1.807) is 0 Å². The molecule has 0 aliphatic carbocycles. The molecule has 0 heterocycles. The van der Waals surface area contributed by atoms with Gasteiger partial charge in [-0.1, -0.05) is 0 Å². The maximum atomic E-state index is 12.6. The van der Waals surface area contributed by atoms with Gasteiger partial charge in [-0.15, -0.1) is 0 Å². The zero-order valence-corrected chi connectivity index (χ0v) is 10.5. The number of nitrogens with two attached hydrogens (primary N) is 1. The molecule has 0 bridgehead atoms. The number of aliphatic hydroxyl groups is 2. The van der Waals surface area contributed by atoms with Gasteiger partial charge >= 0.3 is 12.1 Å². The van der Waals surface area contributed by atoms with Gasteiger partial charge in [-0.2, -0.15) is 13.2 Å². The molecule has 8 heteroatoms. The lowest BCUT2D eigenvalue weighted by Crippen LogP contribution is -2.30. The normalized spacial score (nSPS) is 14.7. The van der Waals surface area contributed by atoms with E-state index in [2.05, 4.69) is 4.74 Å². The first kappa shape index (κ1) is 16.3. The second-order valence-corrected chi connectivity index (χ2v) is 3.98. The van der Waals surface area contributed by atoms with Crippen LogP contribution in [0.2, 0.25) is 0 Å². The average Bonchev–Trinajstić information content (AvgIpc) is 2.36. The smallest absolute Gasteiger partial charge is 0.416 e. The van der Waals surface area contributed by atoms with Crippen molar-refractivity contribution in [3.05, 3.63) is 29.3 Å². The maximum Gasteiger partial charge on any atom is 0.416 e. The molecule has 0 saturated heterocycles. The fourth-order valence-electron chi connectivity index (χ4n) is 1.53. The summed E-state index contributed by atoms with van der Waals surface area (Å²) in [6.07, 6.45) is -8.55. The quantitative estimate of drug-likeness (QED) is 0.574. The lowest BCUT2D eigenvalue weighted by Gasteiger charge is -2.19. The van der Waals surface area contributed by atoms with Crippen molar-refractivity contribution in [3.8, 4) is 0 Å². The lowest BCUT2D eigenvalue weighted by atomic mass is 9.99. The Hall–Kier alpha value is -1.80. The van der Waals surface area contributed by atoms with Crippen LogP contribution in [-0.4, -0.2) is 28.9 Å². The second-order valence-electron chi connectivity index (χ2n) is 3.98. The number of esters is 1. The Morgan fingerprint density at radius 3 is 2.50 bits per heavy atom. The number of benzene rings is 1. The van der Waals surface area contributed by atoms with Gasteiger partial charge in [0.05, 0.1) is 12.2 Å². The highest BCUT2D eigenvalue weighted by Gasteiger charge is 2.34. The SMILES string of the molecule is CCOC(=O)C(O)C(O)c1cc(C(F)(F)F)ccc1N. The minimum Gasteiger partial charge on any atom is -0.464 e. The Kier molecular flexibility index (Phi) is 4.96. The third-order valence-electron chi connectivity index (χ3n) is 2.56. The van der Waals surface area contributed by atoms with Crippen LogP contribution in [0.25, 0.3) is 0 Å². The van der Waals surface area contributed by atoms with Gasteiger partial charge in [-0.25, -0.2) is 4.79 Å². The standard InChI is InChI=1S/C12H14F3NO4/c1-2-20-11(19)10(18)9(17)7-5-6(12(13,14)15)3-4-8(7)16/h3-5,9-10,17-18H,2,16H2,1H3. The van der Waals surface area contributed by atoms with Crippen molar-refractivity contribution in [1.82, 2.24) is 0 Å². The van der Waals surface area contributed by atoms with Crippen LogP contribution < -0.4 is 5.73 Å². The molecule has 20 heavy (non-hydrogen) atoms. The Morgan fingerprint density at radius 2 is 2.00 bits per heavy atom. The van der Waals surface area contributed by atoms with Crippen molar-refractivity contribution in [2.45, 2.75) is 25.3 Å². The molecule has 4 N–H and O–H groups in total. The van der Waals surface area contributed by atoms with E-state index in [-0.39, 0.29) is 17.9 Å². The first-order valence-corrected chi connectivity index (χ1v) is 5.67. The van der Waals surface area contributed by atoms with Crippen LogP contribution in [0.3, 0.4) is 0 Å². The molecular formula is C12H14F3NO4. The number of alkyl halides is 3. The van der Waals surface area contributed by atoms with Crippen LogP contribution in [-0.2, 0) is 15.7 Å². The summed E-state index contributed by atoms with van der Waals surface area (Å²) in [5.41, 5.74) is 3.85. The highest BCUT2D eigenvalue weighted by Crippen LogP contribution is 2.33. The molecule has 1 aromatic carbocycles. The van der Waals surface area contributed by atoms with E-state index in [0.717, 1.165) is 12.1 Å². The van der Waals surface area contributed by atoms with E-state index in [4.69, 9.17) is 5.73 Å². The number of halogens is 3. The van der Waals surface area contributed by atoms with E-state index in [1.807, 2.05) is 0 Å². The minimum absolute atomic E-state index is 0.0410. The van der Waals surface area contributed by atoms with E-state index >= 15 is 0 Å². The van der Waals surface area contributed by atoms with Crippen LogP contribution in [0.5, 0.6) is 0 Å². The zero-order valence-electron chi connectivity index (χ0n) is 10.5. The van der Waals surface area contributed by atoms with Crippen LogP contribution in [0, 0.1) is 0 Å². The summed E-state index contributed by atoms with van der Waals surface area (Å²) in [5, 5.41) is 19.3. The topological polar surface area (TPSA) is 92.8 Å². The van der Waals surface area contributed by atoms with Crippen molar-refractivity contribution >= 4 is 11.7 Å². The predicted octanol–water partition coefficient (Wildman–Crippen LogP) is 1.24. The summed E-state index contributed by atoms with van der Waals surface area (Å²) >= 11 is 0. The number of carbonyl (C=O) groups excluding carboxylic acids is 1. The van der Waals surface area contributed by atoms with Gasteiger partial charge in [-0.05, 0) is 25.1 Å². The molecule has 1 aromatic rings. The van der Waals surface area contributed by atoms with Gasteiger partial charge in [0.25, 0.3) is 0 Å². The molecular weight excluding hydrogens is 279 g/mol. The van der Waals surface area contributed by atoms with E-state index in [9.17, 15) is 28.2 Å². The largest absolute Gasteiger partial charge is 0.464 e. The third kappa shape index (κ3) is 3.61. The molecule has 0 spiro atoms. The Labute approximate surface area is 112 Å². The first-order chi connectivity index (χ1) is 9.18. The maximum absolute atomic E-state index is 12.6. The van der Waals surface area contributed by atoms with Crippen molar-refractivity contribution in [1.29, 1.82) is 0 Å². The molecule has 0 aliphatic heterocycles. The molecule has 0 saturated carbocycles. The number of carbonyl (C=O) groups is 1. The average molecular weight is 293 g/mol. The second kappa shape index (κ2) is 6.10. The molecule has 0 fully saturated rings. The van der Waals surface area contributed by atoms with Crippen LogP contribution >= 0.6 is 0 Å². The monoisotopic (exact) mass is 293 g/mol. The molecule has 112 valence electrons. The van der Waals surface area contributed by atoms with Gasteiger partial charge < -0.3 is 20.7 Å². The van der Waals surface area contributed by atoms with Crippen molar-refractivity contribution in [3.63, 3.8) is 0 Å². The molecule has 0 aliphatic rings. The molecule has 0 aromatic heterocycles. The van der Waals surface area contributed by atoms with Crippen molar-refractivity contribution in [2.24, 2.45) is 0 Å². The lowest BCUT2D eigenvalue weighted by molar-refractivity contribution is -0.159. The number of anilines is 1. The summed E-state index contributed by atoms with van der Waals surface area (Å²) in [4.78, 5) is 11.3. The number of aliphatic hydroxyl groups excluding tert-OH is 2. The molecule has 1 rings (SSSR count). The molecule has 2 atom stereocenters.